The standard InChI is InChI=1S/C17H20N2O3S/c1-10(2)7-14(17(21)22)19-15(20)12-5-4-6-13(8-12)16-18-11(3)9-23-16/h4-6,8-10,14H,7H2,1-3H3,(H,19,20)(H,21,22). The van der Waals surface area contributed by atoms with Gasteiger partial charge in [-0.2, -0.15) is 0 Å². The zero-order chi connectivity index (χ0) is 17.0. The molecule has 1 heterocycles. The number of hydrogen-bond acceptors (Lipinski definition) is 4. The monoisotopic (exact) mass is 332 g/mol. The quantitative estimate of drug-likeness (QED) is 0.850. The Bertz CT molecular complexity index is 709. The van der Waals surface area contributed by atoms with Crippen molar-refractivity contribution >= 4 is 23.2 Å². The van der Waals surface area contributed by atoms with Gasteiger partial charge in [0.2, 0.25) is 0 Å². The Kier molecular flexibility index (Phi) is 5.50. The molecule has 1 atom stereocenters. The average Bonchev–Trinajstić information content (AvgIpc) is 2.92. The van der Waals surface area contributed by atoms with E-state index >= 15 is 0 Å². The van der Waals surface area contributed by atoms with Crippen LogP contribution in [0.3, 0.4) is 0 Å². The summed E-state index contributed by atoms with van der Waals surface area (Å²) in [5, 5.41) is 14.6. The van der Waals surface area contributed by atoms with Crippen molar-refractivity contribution in [3.05, 3.63) is 40.9 Å². The second-order valence-electron chi connectivity index (χ2n) is 5.87. The van der Waals surface area contributed by atoms with Crippen molar-refractivity contribution in [1.82, 2.24) is 10.3 Å². The highest BCUT2D eigenvalue weighted by Crippen LogP contribution is 2.24. The van der Waals surface area contributed by atoms with Crippen LogP contribution >= 0.6 is 11.3 Å². The van der Waals surface area contributed by atoms with Crippen LogP contribution in [0.4, 0.5) is 0 Å². The SMILES string of the molecule is Cc1csc(-c2cccc(C(=O)NC(CC(C)C)C(=O)O)c2)n1. The number of amides is 1. The van der Waals surface area contributed by atoms with Crippen LogP contribution in [0.5, 0.6) is 0 Å². The molecule has 1 unspecified atom stereocenters. The first-order chi connectivity index (χ1) is 10.9. The smallest absolute Gasteiger partial charge is 0.326 e. The fourth-order valence-corrected chi connectivity index (χ4v) is 3.01. The predicted octanol–water partition coefficient (Wildman–Crippen LogP) is 3.35. The van der Waals surface area contributed by atoms with Gasteiger partial charge in [-0.25, -0.2) is 9.78 Å². The number of aromatic nitrogens is 1. The van der Waals surface area contributed by atoms with Crippen molar-refractivity contribution in [2.24, 2.45) is 5.92 Å². The molecule has 1 amide bonds. The molecule has 0 fully saturated rings. The maximum absolute atomic E-state index is 12.3. The molecule has 0 spiro atoms. The summed E-state index contributed by atoms with van der Waals surface area (Å²) in [7, 11) is 0. The molecular formula is C17H20N2O3S. The highest BCUT2D eigenvalue weighted by molar-refractivity contribution is 7.13. The predicted molar refractivity (Wildman–Crippen MR) is 90.6 cm³/mol. The van der Waals surface area contributed by atoms with E-state index in [0.717, 1.165) is 16.3 Å². The number of carboxylic acid groups (broad SMARTS) is 1. The molecule has 0 aliphatic carbocycles. The lowest BCUT2D eigenvalue weighted by atomic mass is 10.0. The molecule has 23 heavy (non-hydrogen) atoms. The van der Waals surface area contributed by atoms with E-state index in [-0.39, 0.29) is 11.8 Å². The van der Waals surface area contributed by atoms with Crippen LogP contribution in [0.15, 0.2) is 29.6 Å². The number of hydrogen-bond donors (Lipinski definition) is 2. The lowest BCUT2D eigenvalue weighted by Crippen LogP contribution is -2.41. The van der Waals surface area contributed by atoms with Gasteiger partial charge in [-0.05, 0) is 31.4 Å². The van der Waals surface area contributed by atoms with E-state index < -0.39 is 12.0 Å². The highest BCUT2D eigenvalue weighted by atomic mass is 32.1. The van der Waals surface area contributed by atoms with Gasteiger partial charge in [0.25, 0.3) is 5.91 Å². The average molecular weight is 332 g/mol. The Morgan fingerprint density at radius 2 is 2.09 bits per heavy atom. The molecule has 2 N–H and O–H groups in total. The Hall–Kier alpha value is -2.21. The normalized spacial score (nSPS) is 12.2. The van der Waals surface area contributed by atoms with Gasteiger partial charge in [0.15, 0.2) is 0 Å². The molecule has 0 bridgehead atoms. The van der Waals surface area contributed by atoms with Crippen LogP contribution in [0, 0.1) is 12.8 Å². The molecule has 2 aromatic rings. The van der Waals surface area contributed by atoms with E-state index in [1.807, 2.05) is 32.2 Å². The topological polar surface area (TPSA) is 79.3 Å². The first-order valence-corrected chi connectivity index (χ1v) is 8.31. The van der Waals surface area contributed by atoms with Crippen molar-refractivity contribution in [1.29, 1.82) is 0 Å². The van der Waals surface area contributed by atoms with Gasteiger partial charge in [-0.1, -0.05) is 26.0 Å². The molecule has 0 aliphatic heterocycles. The maximum Gasteiger partial charge on any atom is 0.326 e. The van der Waals surface area contributed by atoms with Gasteiger partial charge in [0, 0.05) is 22.2 Å². The number of carbonyl (C=O) groups excluding carboxylic acids is 1. The van der Waals surface area contributed by atoms with Crippen LogP contribution in [0.2, 0.25) is 0 Å². The Labute approximate surface area is 139 Å². The van der Waals surface area contributed by atoms with E-state index in [1.165, 1.54) is 11.3 Å². The van der Waals surface area contributed by atoms with Crippen molar-refractivity contribution < 1.29 is 14.7 Å². The number of aryl methyl sites for hydroxylation is 1. The van der Waals surface area contributed by atoms with E-state index in [2.05, 4.69) is 10.3 Å². The molecular weight excluding hydrogens is 312 g/mol. The summed E-state index contributed by atoms with van der Waals surface area (Å²) >= 11 is 1.51. The first kappa shape index (κ1) is 17.1. The molecule has 0 saturated heterocycles. The lowest BCUT2D eigenvalue weighted by molar-refractivity contribution is -0.139. The first-order valence-electron chi connectivity index (χ1n) is 7.43. The van der Waals surface area contributed by atoms with E-state index in [4.69, 9.17) is 0 Å². The highest BCUT2D eigenvalue weighted by Gasteiger charge is 2.22. The van der Waals surface area contributed by atoms with Crippen molar-refractivity contribution in [2.45, 2.75) is 33.2 Å². The maximum atomic E-state index is 12.3. The minimum Gasteiger partial charge on any atom is -0.480 e. The number of carbonyl (C=O) groups is 2. The van der Waals surface area contributed by atoms with Gasteiger partial charge < -0.3 is 10.4 Å². The molecule has 1 aromatic carbocycles. The summed E-state index contributed by atoms with van der Waals surface area (Å²) in [5.74, 6) is -1.21. The van der Waals surface area contributed by atoms with Gasteiger partial charge in [0.1, 0.15) is 11.0 Å². The third kappa shape index (κ3) is 4.63. The summed E-state index contributed by atoms with van der Waals surface area (Å²) < 4.78 is 0. The van der Waals surface area contributed by atoms with Crippen molar-refractivity contribution in [3.8, 4) is 10.6 Å². The van der Waals surface area contributed by atoms with Gasteiger partial charge in [-0.3, -0.25) is 4.79 Å². The number of nitrogens with one attached hydrogen (secondary N) is 1. The summed E-state index contributed by atoms with van der Waals surface area (Å²) in [5.41, 5.74) is 2.22. The minimum atomic E-state index is -1.02. The van der Waals surface area contributed by atoms with E-state index in [9.17, 15) is 14.7 Å². The third-order valence-corrected chi connectivity index (χ3v) is 4.31. The largest absolute Gasteiger partial charge is 0.480 e. The number of aliphatic carboxylic acids is 1. The van der Waals surface area contributed by atoms with Crippen LogP contribution in [-0.2, 0) is 4.79 Å². The fraction of sp³-hybridized carbons (Fsp3) is 0.353. The number of nitrogens with zero attached hydrogens (tertiary/aromatic N) is 1. The van der Waals surface area contributed by atoms with Crippen LogP contribution in [0.25, 0.3) is 10.6 Å². The second-order valence-corrected chi connectivity index (χ2v) is 6.73. The molecule has 1 aromatic heterocycles. The fourth-order valence-electron chi connectivity index (χ4n) is 2.21. The molecule has 2 rings (SSSR count). The number of thiazole rings is 1. The minimum absolute atomic E-state index is 0.182. The van der Waals surface area contributed by atoms with Gasteiger partial charge in [0.05, 0.1) is 0 Å². The van der Waals surface area contributed by atoms with E-state index in [1.54, 1.807) is 18.2 Å². The number of benzene rings is 1. The summed E-state index contributed by atoms with van der Waals surface area (Å²) in [4.78, 5) is 28.0. The lowest BCUT2D eigenvalue weighted by Gasteiger charge is -2.16. The van der Waals surface area contributed by atoms with Crippen LogP contribution in [0.1, 0.15) is 36.3 Å². The van der Waals surface area contributed by atoms with Crippen molar-refractivity contribution in [3.63, 3.8) is 0 Å². The molecule has 122 valence electrons. The Morgan fingerprint density at radius 1 is 1.35 bits per heavy atom. The van der Waals surface area contributed by atoms with Crippen LogP contribution < -0.4 is 5.32 Å². The summed E-state index contributed by atoms with van der Waals surface area (Å²) in [6, 6.07) is 6.19. The molecule has 6 heteroatoms. The van der Waals surface area contributed by atoms with E-state index in [0.29, 0.717) is 12.0 Å². The molecule has 0 radical (unpaired) electrons. The summed E-state index contributed by atoms with van der Waals surface area (Å²) in [6.45, 7) is 5.76. The summed E-state index contributed by atoms with van der Waals surface area (Å²) in [6.07, 6.45) is 0.395. The Morgan fingerprint density at radius 3 is 2.65 bits per heavy atom. The second kappa shape index (κ2) is 7.37. The molecule has 0 saturated carbocycles. The zero-order valence-corrected chi connectivity index (χ0v) is 14.2. The van der Waals surface area contributed by atoms with Gasteiger partial charge in [-0.15, -0.1) is 11.3 Å². The third-order valence-electron chi connectivity index (χ3n) is 3.30. The van der Waals surface area contributed by atoms with Crippen molar-refractivity contribution in [2.75, 3.05) is 0 Å². The number of carboxylic acids is 1. The molecule has 5 nitrogen and oxygen atoms in total. The zero-order valence-electron chi connectivity index (χ0n) is 13.4. The Balaban J connectivity index is 2.17. The molecule has 0 aliphatic rings. The number of rotatable bonds is 6. The van der Waals surface area contributed by atoms with Gasteiger partial charge >= 0.3 is 5.97 Å². The van der Waals surface area contributed by atoms with Crippen LogP contribution in [-0.4, -0.2) is 28.0 Å².